The van der Waals surface area contributed by atoms with E-state index in [-0.39, 0.29) is 18.6 Å². The predicted octanol–water partition coefficient (Wildman–Crippen LogP) is 4.25. The second-order valence-electron chi connectivity index (χ2n) is 6.60. The van der Waals surface area contributed by atoms with E-state index >= 15 is 0 Å². The van der Waals surface area contributed by atoms with Crippen molar-refractivity contribution < 1.29 is 19.1 Å². The third-order valence-electron chi connectivity index (χ3n) is 4.56. The third-order valence-corrected chi connectivity index (χ3v) is 4.56. The summed E-state index contributed by atoms with van der Waals surface area (Å²) in [4.78, 5) is 24.3. The molecule has 1 fully saturated rings. The maximum Gasteiger partial charge on any atom is 0.407 e. The van der Waals surface area contributed by atoms with Crippen molar-refractivity contribution >= 4 is 12.1 Å². The van der Waals surface area contributed by atoms with Crippen LogP contribution in [-0.4, -0.2) is 24.2 Å². The van der Waals surface area contributed by atoms with Gasteiger partial charge in [-0.15, -0.1) is 0 Å². The second kappa shape index (κ2) is 9.03. The number of amides is 1. The van der Waals surface area contributed by atoms with Crippen molar-refractivity contribution in [3.8, 4) is 0 Å². The third kappa shape index (κ3) is 5.45. The number of alkyl carbamates (subject to hydrolysis) is 1. The van der Waals surface area contributed by atoms with Gasteiger partial charge in [-0.1, -0.05) is 55.1 Å². The number of nitrogens with one attached hydrogen (secondary N) is 1. The van der Waals surface area contributed by atoms with Crippen LogP contribution in [0.15, 0.2) is 72.8 Å². The highest BCUT2D eigenvalue weighted by molar-refractivity contribution is 5.89. The first-order valence-corrected chi connectivity index (χ1v) is 9.02. The van der Waals surface area contributed by atoms with Gasteiger partial charge in [0.15, 0.2) is 0 Å². The number of ether oxygens (including phenoxy) is 2. The fraction of sp³-hybridized carbons (Fsp3) is 0.273. The molecule has 0 aliphatic heterocycles. The van der Waals surface area contributed by atoms with Gasteiger partial charge < -0.3 is 14.8 Å². The molecule has 5 heteroatoms. The Bertz CT molecular complexity index is 788. The molecule has 0 bridgehead atoms. The van der Waals surface area contributed by atoms with E-state index in [1.165, 1.54) is 0 Å². The Morgan fingerprint density at radius 3 is 2.41 bits per heavy atom. The lowest BCUT2D eigenvalue weighted by Gasteiger charge is -2.31. The standard InChI is InChI=1S/C22H23NO4/c1-16-12-13-19(23-22(25)26-15-17-8-4-2-5-9-17)14-20(16)27-21(24)18-10-6-3-7-11-18/h2-11,19-20H,1,12-15H2,(H,23,25)/t19-,20-/m1/s1. The molecule has 0 heterocycles. The van der Waals surface area contributed by atoms with Crippen LogP contribution in [0.1, 0.15) is 35.2 Å². The topological polar surface area (TPSA) is 64.6 Å². The lowest BCUT2D eigenvalue weighted by molar-refractivity contribution is 0.0302. The average Bonchev–Trinajstić information content (AvgIpc) is 2.70. The van der Waals surface area contributed by atoms with Crippen molar-refractivity contribution in [1.82, 2.24) is 5.32 Å². The molecule has 0 unspecified atom stereocenters. The summed E-state index contributed by atoms with van der Waals surface area (Å²) in [5, 5.41) is 2.86. The van der Waals surface area contributed by atoms with Gasteiger partial charge >= 0.3 is 12.1 Å². The Kier molecular flexibility index (Phi) is 6.26. The Labute approximate surface area is 159 Å². The van der Waals surface area contributed by atoms with Gasteiger partial charge in [-0.2, -0.15) is 0 Å². The van der Waals surface area contributed by atoms with Gasteiger partial charge in [-0.05, 0) is 36.1 Å². The summed E-state index contributed by atoms with van der Waals surface area (Å²) in [5.41, 5.74) is 2.30. The van der Waals surface area contributed by atoms with E-state index in [1.807, 2.05) is 36.4 Å². The van der Waals surface area contributed by atoms with Gasteiger partial charge in [0, 0.05) is 12.5 Å². The number of carbonyl (C=O) groups excluding carboxylic acids is 2. The maximum absolute atomic E-state index is 12.3. The fourth-order valence-corrected chi connectivity index (χ4v) is 3.03. The Morgan fingerprint density at radius 1 is 1.04 bits per heavy atom. The monoisotopic (exact) mass is 365 g/mol. The Morgan fingerprint density at radius 2 is 1.70 bits per heavy atom. The van der Waals surface area contributed by atoms with Gasteiger partial charge in [-0.25, -0.2) is 9.59 Å². The zero-order valence-electron chi connectivity index (χ0n) is 15.1. The van der Waals surface area contributed by atoms with Crippen LogP contribution in [0.4, 0.5) is 4.79 Å². The van der Waals surface area contributed by atoms with Gasteiger partial charge in [0.25, 0.3) is 0 Å². The summed E-state index contributed by atoms with van der Waals surface area (Å²) in [5.74, 6) is -0.381. The highest BCUT2D eigenvalue weighted by Crippen LogP contribution is 2.26. The number of benzene rings is 2. The van der Waals surface area contributed by atoms with Gasteiger partial charge in [0.2, 0.25) is 0 Å². The average molecular weight is 365 g/mol. The van der Waals surface area contributed by atoms with Gasteiger partial charge in [-0.3, -0.25) is 0 Å². The zero-order chi connectivity index (χ0) is 19.1. The van der Waals surface area contributed by atoms with Crippen molar-refractivity contribution in [3.63, 3.8) is 0 Å². The number of hydrogen-bond donors (Lipinski definition) is 1. The Balaban J connectivity index is 1.50. The zero-order valence-corrected chi connectivity index (χ0v) is 15.1. The van der Waals surface area contributed by atoms with E-state index in [0.717, 1.165) is 17.6 Å². The number of esters is 1. The normalized spacial score (nSPS) is 19.2. The first-order chi connectivity index (χ1) is 13.1. The van der Waals surface area contributed by atoms with E-state index in [2.05, 4.69) is 11.9 Å². The quantitative estimate of drug-likeness (QED) is 0.636. The molecule has 0 radical (unpaired) electrons. The molecule has 1 saturated carbocycles. The smallest absolute Gasteiger partial charge is 0.407 e. The molecule has 0 aromatic heterocycles. The van der Waals surface area contributed by atoms with Crippen molar-refractivity contribution in [3.05, 3.63) is 83.9 Å². The summed E-state index contributed by atoms with van der Waals surface area (Å²) in [6.45, 7) is 4.23. The molecule has 27 heavy (non-hydrogen) atoms. The van der Waals surface area contributed by atoms with Crippen LogP contribution < -0.4 is 5.32 Å². The molecule has 1 N–H and O–H groups in total. The van der Waals surface area contributed by atoms with Crippen LogP contribution >= 0.6 is 0 Å². The molecular weight excluding hydrogens is 342 g/mol. The number of rotatable bonds is 5. The minimum atomic E-state index is -0.468. The van der Waals surface area contributed by atoms with Gasteiger partial charge in [0.1, 0.15) is 12.7 Å². The lowest BCUT2D eigenvalue weighted by atomic mass is 9.89. The van der Waals surface area contributed by atoms with E-state index in [4.69, 9.17) is 9.47 Å². The summed E-state index contributed by atoms with van der Waals surface area (Å²) in [7, 11) is 0. The van der Waals surface area contributed by atoms with Gasteiger partial charge in [0.05, 0.1) is 5.56 Å². The molecule has 2 aromatic carbocycles. The van der Waals surface area contributed by atoms with Crippen LogP contribution in [0.3, 0.4) is 0 Å². The summed E-state index contributed by atoms with van der Waals surface area (Å²) >= 11 is 0. The fourth-order valence-electron chi connectivity index (χ4n) is 3.03. The second-order valence-corrected chi connectivity index (χ2v) is 6.60. The molecule has 5 nitrogen and oxygen atoms in total. The largest absolute Gasteiger partial charge is 0.454 e. The molecule has 1 aliphatic rings. The van der Waals surface area contributed by atoms with E-state index in [9.17, 15) is 9.59 Å². The number of hydrogen-bond acceptors (Lipinski definition) is 4. The van der Waals surface area contributed by atoms with Crippen LogP contribution in [-0.2, 0) is 16.1 Å². The molecule has 3 rings (SSSR count). The minimum Gasteiger partial charge on any atom is -0.454 e. The molecule has 140 valence electrons. The SMILES string of the molecule is C=C1CC[C@@H](NC(=O)OCc2ccccc2)C[C@H]1OC(=O)c1ccccc1. The molecule has 1 aliphatic carbocycles. The molecule has 1 amide bonds. The molecule has 0 spiro atoms. The lowest BCUT2D eigenvalue weighted by Crippen LogP contribution is -2.41. The van der Waals surface area contributed by atoms with Crippen molar-refractivity contribution in [2.45, 2.75) is 38.0 Å². The maximum atomic E-state index is 12.3. The molecule has 0 saturated heterocycles. The van der Waals surface area contributed by atoms with Crippen LogP contribution in [0.2, 0.25) is 0 Å². The van der Waals surface area contributed by atoms with Crippen LogP contribution in [0, 0.1) is 0 Å². The Hall–Kier alpha value is -3.08. The molecular formula is C22H23NO4. The highest BCUT2D eigenvalue weighted by atomic mass is 16.6. The predicted molar refractivity (Wildman–Crippen MR) is 102 cm³/mol. The summed E-state index contributed by atoms with van der Waals surface area (Å²) < 4.78 is 10.9. The van der Waals surface area contributed by atoms with E-state index in [1.54, 1.807) is 24.3 Å². The first kappa shape index (κ1) is 18.7. The van der Waals surface area contributed by atoms with E-state index < -0.39 is 12.2 Å². The van der Waals surface area contributed by atoms with Crippen molar-refractivity contribution in [2.24, 2.45) is 0 Å². The molecule has 2 aromatic rings. The van der Waals surface area contributed by atoms with Crippen LogP contribution in [0.5, 0.6) is 0 Å². The number of carbonyl (C=O) groups is 2. The minimum absolute atomic E-state index is 0.118. The first-order valence-electron chi connectivity index (χ1n) is 9.02. The summed E-state index contributed by atoms with van der Waals surface area (Å²) in [6, 6.07) is 18.2. The van der Waals surface area contributed by atoms with E-state index in [0.29, 0.717) is 18.4 Å². The highest BCUT2D eigenvalue weighted by Gasteiger charge is 2.29. The molecule has 2 atom stereocenters. The van der Waals surface area contributed by atoms with Crippen LogP contribution in [0.25, 0.3) is 0 Å². The van der Waals surface area contributed by atoms with Crippen molar-refractivity contribution in [2.75, 3.05) is 0 Å². The summed E-state index contributed by atoms with van der Waals surface area (Å²) in [6.07, 6.45) is 1.06. The van der Waals surface area contributed by atoms with Crippen molar-refractivity contribution in [1.29, 1.82) is 0 Å².